The zero-order valence-electron chi connectivity index (χ0n) is 11.8. The van der Waals surface area contributed by atoms with Gasteiger partial charge in [-0.05, 0) is 45.7 Å². The van der Waals surface area contributed by atoms with E-state index in [9.17, 15) is 0 Å². The van der Waals surface area contributed by atoms with Gasteiger partial charge < -0.3 is 4.90 Å². The fourth-order valence-electron chi connectivity index (χ4n) is 2.48. The van der Waals surface area contributed by atoms with Gasteiger partial charge in [-0.2, -0.15) is 5.26 Å². The zero-order valence-corrected chi connectivity index (χ0v) is 11.8. The first-order valence-corrected chi connectivity index (χ1v) is 5.97. The molecule has 0 N–H and O–H groups in total. The van der Waals surface area contributed by atoms with Gasteiger partial charge in [-0.3, -0.25) is 0 Å². The standard InChI is InChI=1S/C15H22N2/c1-11-7-12(2)14(13(3)8-11)17(6)10-15(4,5)9-16/h7-8H,10H2,1-6H3. The number of nitrogens with zero attached hydrogens (tertiary/aromatic N) is 2. The minimum atomic E-state index is -0.321. The van der Waals surface area contributed by atoms with Crippen LogP contribution < -0.4 is 4.90 Å². The monoisotopic (exact) mass is 230 g/mol. The molecule has 0 aromatic heterocycles. The summed E-state index contributed by atoms with van der Waals surface area (Å²) in [5, 5.41) is 9.10. The van der Waals surface area contributed by atoms with Crippen LogP contribution in [-0.4, -0.2) is 13.6 Å². The Balaban J connectivity index is 3.06. The Morgan fingerprint density at radius 3 is 2.06 bits per heavy atom. The minimum absolute atomic E-state index is 0.321. The molecule has 0 atom stereocenters. The third-order valence-electron chi connectivity index (χ3n) is 2.95. The van der Waals surface area contributed by atoms with E-state index in [4.69, 9.17) is 5.26 Å². The van der Waals surface area contributed by atoms with Crippen molar-refractivity contribution in [1.82, 2.24) is 0 Å². The van der Waals surface area contributed by atoms with E-state index in [1.807, 2.05) is 13.8 Å². The topological polar surface area (TPSA) is 27.0 Å². The summed E-state index contributed by atoms with van der Waals surface area (Å²) in [6, 6.07) is 6.74. The van der Waals surface area contributed by atoms with Gasteiger partial charge in [-0.25, -0.2) is 0 Å². The van der Waals surface area contributed by atoms with Crippen LogP contribution in [0.25, 0.3) is 0 Å². The molecule has 0 spiro atoms. The molecule has 0 radical (unpaired) electrons. The van der Waals surface area contributed by atoms with Crippen molar-refractivity contribution in [1.29, 1.82) is 5.26 Å². The molecule has 0 aliphatic carbocycles. The van der Waals surface area contributed by atoms with E-state index >= 15 is 0 Å². The Labute approximate surface area is 105 Å². The largest absolute Gasteiger partial charge is 0.373 e. The number of rotatable bonds is 3. The maximum absolute atomic E-state index is 9.10. The molecule has 1 rings (SSSR count). The number of aryl methyl sites for hydroxylation is 3. The van der Waals surface area contributed by atoms with Crippen molar-refractivity contribution in [3.63, 3.8) is 0 Å². The Bertz CT molecular complexity index is 429. The van der Waals surface area contributed by atoms with Crippen molar-refractivity contribution in [3.8, 4) is 6.07 Å². The maximum atomic E-state index is 9.10. The zero-order chi connectivity index (χ0) is 13.2. The molecule has 0 aliphatic rings. The number of anilines is 1. The van der Waals surface area contributed by atoms with Crippen molar-refractivity contribution >= 4 is 5.69 Å². The molecule has 17 heavy (non-hydrogen) atoms. The van der Waals surface area contributed by atoms with Crippen molar-refractivity contribution in [2.75, 3.05) is 18.5 Å². The molecule has 0 aliphatic heterocycles. The molecule has 0 unspecified atom stereocenters. The van der Waals surface area contributed by atoms with E-state index in [0.29, 0.717) is 0 Å². The van der Waals surface area contributed by atoms with Crippen LogP contribution in [0.5, 0.6) is 0 Å². The third-order valence-corrected chi connectivity index (χ3v) is 2.95. The van der Waals surface area contributed by atoms with Crippen molar-refractivity contribution in [2.24, 2.45) is 5.41 Å². The Hall–Kier alpha value is -1.49. The summed E-state index contributed by atoms with van der Waals surface area (Å²) in [5.74, 6) is 0. The van der Waals surface area contributed by atoms with E-state index in [2.05, 4.69) is 50.9 Å². The van der Waals surface area contributed by atoms with Crippen LogP contribution in [0, 0.1) is 37.5 Å². The van der Waals surface area contributed by atoms with Crippen LogP contribution in [0.3, 0.4) is 0 Å². The average molecular weight is 230 g/mol. The first kappa shape index (κ1) is 13.6. The summed E-state index contributed by atoms with van der Waals surface area (Å²) in [7, 11) is 2.06. The molecule has 0 bridgehead atoms. The van der Waals surface area contributed by atoms with Gasteiger partial charge in [0.15, 0.2) is 0 Å². The molecule has 0 amide bonds. The number of hydrogen-bond donors (Lipinski definition) is 0. The van der Waals surface area contributed by atoms with Crippen LogP contribution >= 0.6 is 0 Å². The average Bonchev–Trinajstić information content (AvgIpc) is 2.14. The lowest BCUT2D eigenvalue weighted by Crippen LogP contribution is -2.31. The van der Waals surface area contributed by atoms with Gasteiger partial charge in [0, 0.05) is 19.3 Å². The molecule has 0 fully saturated rings. The number of nitriles is 1. The summed E-state index contributed by atoms with van der Waals surface area (Å²) in [4.78, 5) is 2.19. The molecule has 2 nitrogen and oxygen atoms in total. The Kier molecular flexibility index (Phi) is 3.83. The summed E-state index contributed by atoms with van der Waals surface area (Å²) < 4.78 is 0. The summed E-state index contributed by atoms with van der Waals surface area (Å²) in [5.41, 5.74) is 4.77. The summed E-state index contributed by atoms with van der Waals surface area (Å²) in [6.07, 6.45) is 0. The lowest BCUT2D eigenvalue weighted by Gasteiger charge is -2.29. The van der Waals surface area contributed by atoms with Gasteiger partial charge in [0.25, 0.3) is 0 Å². The predicted octanol–water partition coefficient (Wildman–Crippen LogP) is 3.60. The van der Waals surface area contributed by atoms with Gasteiger partial charge in [0.1, 0.15) is 0 Å². The highest BCUT2D eigenvalue weighted by Crippen LogP contribution is 2.27. The molecule has 1 aromatic rings. The highest BCUT2D eigenvalue weighted by molar-refractivity contribution is 5.60. The third kappa shape index (κ3) is 3.23. The van der Waals surface area contributed by atoms with E-state index in [0.717, 1.165) is 6.54 Å². The van der Waals surface area contributed by atoms with E-state index in [1.165, 1.54) is 22.4 Å². The van der Waals surface area contributed by atoms with E-state index in [1.54, 1.807) is 0 Å². The molecule has 1 aromatic carbocycles. The molecule has 2 heteroatoms. The fraction of sp³-hybridized carbons (Fsp3) is 0.533. The summed E-state index contributed by atoms with van der Waals surface area (Å²) in [6.45, 7) is 11.1. The van der Waals surface area contributed by atoms with Crippen LogP contribution in [-0.2, 0) is 0 Å². The minimum Gasteiger partial charge on any atom is -0.373 e. The quantitative estimate of drug-likeness (QED) is 0.793. The highest BCUT2D eigenvalue weighted by Gasteiger charge is 2.21. The molecular formula is C15H22N2. The Morgan fingerprint density at radius 1 is 1.18 bits per heavy atom. The van der Waals surface area contributed by atoms with Gasteiger partial charge in [-0.1, -0.05) is 17.7 Å². The molecule has 0 saturated carbocycles. The van der Waals surface area contributed by atoms with Crippen molar-refractivity contribution in [2.45, 2.75) is 34.6 Å². The first-order valence-electron chi connectivity index (χ1n) is 5.97. The van der Waals surface area contributed by atoms with E-state index < -0.39 is 0 Å². The SMILES string of the molecule is Cc1cc(C)c(N(C)CC(C)(C)C#N)c(C)c1. The van der Waals surface area contributed by atoms with Crippen molar-refractivity contribution < 1.29 is 0 Å². The molecule has 0 heterocycles. The number of hydrogen-bond acceptors (Lipinski definition) is 2. The normalized spacial score (nSPS) is 11.1. The van der Waals surface area contributed by atoms with Gasteiger partial charge in [0.2, 0.25) is 0 Å². The lowest BCUT2D eigenvalue weighted by molar-refractivity contribution is 0.497. The Morgan fingerprint density at radius 2 is 1.65 bits per heavy atom. The predicted molar refractivity (Wildman–Crippen MR) is 73.3 cm³/mol. The molecular weight excluding hydrogens is 208 g/mol. The van der Waals surface area contributed by atoms with Crippen LogP contribution in [0.4, 0.5) is 5.69 Å². The van der Waals surface area contributed by atoms with Crippen LogP contribution in [0.2, 0.25) is 0 Å². The van der Waals surface area contributed by atoms with Crippen molar-refractivity contribution in [3.05, 3.63) is 28.8 Å². The second-order valence-electron chi connectivity index (χ2n) is 5.60. The van der Waals surface area contributed by atoms with E-state index in [-0.39, 0.29) is 5.41 Å². The molecule has 0 saturated heterocycles. The van der Waals surface area contributed by atoms with Crippen LogP contribution in [0.15, 0.2) is 12.1 Å². The first-order chi connectivity index (χ1) is 7.76. The lowest BCUT2D eigenvalue weighted by atomic mass is 9.94. The number of benzene rings is 1. The maximum Gasteiger partial charge on any atom is 0.0702 e. The van der Waals surface area contributed by atoms with Gasteiger partial charge in [0.05, 0.1) is 11.5 Å². The van der Waals surface area contributed by atoms with Gasteiger partial charge >= 0.3 is 0 Å². The smallest absolute Gasteiger partial charge is 0.0702 e. The van der Waals surface area contributed by atoms with Crippen LogP contribution in [0.1, 0.15) is 30.5 Å². The highest BCUT2D eigenvalue weighted by atomic mass is 15.1. The molecule has 92 valence electrons. The summed E-state index contributed by atoms with van der Waals surface area (Å²) >= 11 is 0. The van der Waals surface area contributed by atoms with Gasteiger partial charge in [-0.15, -0.1) is 0 Å². The second-order valence-corrected chi connectivity index (χ2v) is 5.60. The second kappa shape index (κ2) is 4.79. The fourth-order valence-corrected chi connectivity index (χ4v) is 2.48.